The number of thiazole rings is 1. The van der Waals surface area contributed by atoms with Crippen molar-refractivity contribution in [2.45, 2.75) is 34.2 Å². The number of piperazine rings is 1. The van der Waals surface area contributed by atoms with Crippen LogP contribution in [0.2, 0.25) is 0 Å². The third-order valence-corrected chi connectivity index (χ3v) is 4.90. The maximum atomic E-state index is 4.76. The lowest BCUT2D eigenvalue weighted by molar-refractivity contribution is 0.231. The minimum Gasteiger partial charge on any atom is -0.346 e. The fraction of sp³-hybridized carbons (Fsp3) is 0.800. The summed E-state index contributed by atoms with van der Waals surface area (Å²) in [6.07, 6.45) is 0. The van der Waals surface area contributed by atoms with E-state index in [9.17, 15) is 0 Å². The zero-order chi connectivity index (χ0) is 14.5. The number of nitrogens with one attached hydrogen (secondary N) is 1. The zero-order valence-electron chi connectivity index (χ0n) is 13.3. The molecule has 1 aliphatic rings. The monoisotopic (exact) mass is 296 g/mol. The lowest BCUT2D eigenvalue weighted by Crippen LogP contribution is -2.47. The summed E-state index contributed by atoms with van der Waals surface area (Å²) >= 11 is 1.85. The van der Waals surface area contributed by atoms with Gasteiger partial charge in [-0.25, -0.2) is 4.98 Å². The molecule has 0 radical (unpaired) electrons. The average molecular weight is 296 g/mol. The van der Waals surface area contributed by atoms with E-state index in [1.807, 2.05) is 11.3 Å². The number of rotatable bonds is 6. The topological polar surface area (TPSA) is 31.4 Å². The predicted molar refractivity (Wildman–Crippen MR) is 87.7 cm³/mol. The van der Waals surface area contributed by atoms with Crippen molar-refractivity contribution in [3.05, 3.63) is 10.6 Å². The smallest absolute Gasteiger partial charge is 0.185 e. The van der Waals surface area contributed by atoms with Crippen LogP contribution < -0.4 is 10.2 Å². The average Bonchev–Trinajstić information content (AvgIpc) is 2.78. The normalized spacial score (nSPS) is 17.1. The molecule has 1 aliphatic heterocycles. The Bertz CT molecular complexity index is 408. The lowest BCUT2D eigenvalue weighted by Gasteiger charge is -2.35. The van der Waals surface area contributed by atoms with Gasteiger partial charge in [0.25, 0.3) is 0 Å². The quantitative estimate of drug-likeness (QED) is 0.873. The van der Waals surface area contributed by atoms with Crippen molar-refractivity contribution in [3.63, 3.8) is 0 Å². The van der Waals surface area contributed by atoms with Crippen molar-refractivity contribution < 1.29 is 0 Å². The summed E-state index contributed by atoms with van der Waals surface area (Å²) in [5.74, 6) is 0.760. The highest BCUT2D eigenvalue weighted by molar-refractivity contribution is 7.15. The van der Waals surface area contributed by atoms with Gasteiger partial charge in [0.05, 0.1) is 5.69 Å². The van der Waals surface area contributed by atoms with Crippen LogP contribution in [0.15, 0.2) is 0 Å². The summed E-state index contributed by atoms with van der Waals surface area (Å²) in [4.78, 5) is 11.2. The predicted octanol–water partition coefficient (Wildman–Crippen LogP) is 2.34. The molecule has 5 heteroatoms. The molecule has 0 saturated carbocycles. The van der Waals surface area contributed by atoms with E-state index in [-0.39, 0.29) is 0 Å². The van der Waals surface area contributed by atoms with Crippen molar-refractivity contribution in [2.75, 3.05) is 44.2 Å². The Balaban J connectivity index is 1.90. The van der Waals surface area contributed by atoms with Crippen molar-refractivity contribution >= 4 is 16.5 Å². The van der Waals surface area contributed by atoms with Crippen molar-refractivity contribution in [2.24, 2.45) is 5.92 Å². The Labute approximate surface area is 127 Å². The van der Waals surface area contributed by atoms with E-state index in [0.717, 1.165) is 32.1 Å². The van der Waals surface area contributed by atoms with Crippen molar-refractivity contribution in [1.29, 1.82) is 0 Å². The Morgan fingerprint density at radius 3 is 2.55 bits per heavy atom. The van der Waals surface area contributed by atoms with Crippen molar-refractivity contribution in [3.8, 4) is 0 Å². The van der Waals surface area contributed by atoms with Crippen LogP contribution in [-0.2, 0) is 6.54 Å². The summed E-state index contributed by atoms with van der Waals surface area (Å²) in [6, 6.07) is 0. The van der Waals surface area contributed by atoms with Crippen LogP contribution in [0.25, 0.3) is 0 Å². The number of anilines is 1. The first-order chi connectivity index (χ1) is 9.60. The van der Waals surface area contributed by atoms with Crippen LogP contribution in [0.3, 0.4) is 0 Å². The summed E-state index contributed by atoms with van der Waals surface area (Å²) < 4.78 is 0. The minimum atomic E-state index is 0.760. The molecule has 2 rings (SSSR count). The van der Waals surface area contributed by atoms with Gasteiger partial charge >= 0.3 is 0 Å². The van der Waals surface area contributed by atoms with E-state index in [4.69, 9.17) is 4.98 Å². The molecular weight excluding hydrogens is 268 g/mol. The SMILES string of the molecule is CCNCc1sc(N2CCN(CC(C)C)CC2)nc1C. The number of aromatic nitrogens is 1. The molecule has 114 valence electrons. The summed E-state index contributed by atoms with van der Waals surface area (Å²) in [6.45, 7) is 16.6. The Morgan fingerprint density at radius 2 is 1.95 bits per heavy atom. The minimum absolute atomic E-state index is 0.760. The molecule has 0 unspecified atom stereocenters. The van der Waals surface area contributed by atoms with Crippen LogP contribution in [0.1, 0.15) is 31.3 Å². The second-order valence-electron chi connectivity index (χ2n) is 5.97. The largest absolute Gasteiger partial charge is 0.346 e. The van der Waals surface area contributed by atoms with Gasteiger partial charge in [-0.2, -0.15) is 0 Å². The van der Waals surface area contributed by atoms with E-state index < -0.39 is 0 Å². The molecule has 1 aromatic rings. The molecule has 2 heterocycles. The Hall–Kier alpha value is -0.650. The molecule has 0 aliphatic carbocycles. The van der Waals surface area contributed by atoms with E-state index >= 15 is 0 Å². The number of nitrogens with zero attached hydrogens (tertiary/aromatic N) is 3. The van der Waals surface area contributed by atoms with Crippen LogP contribution in [0.4, 0.5) is 5.13 Å². The Kier molecular flexibility index (Phi) is 5.81. The van der Waals surface area contributed by atoms with Gasteiger partial charge in [0.15, 0.2) is 5.13 Å². The molecule has 0 bridgehead atoms. The molecule has 1 aromatic heterocycles. The van der Waals surface area contributed by atoms with Crippen LogP contribution in [-0.4, -0.2) is 49.2 Å². The van der Waals surface area contributed by atoms with Gasteiger partial charge in [-0.1, -0.05) is 20.8 Å². The van der Waals surface area contributed by atoms with E-state index in [1.165, 1.54) is 35.3 Å². The molecular formula is C15H28N4S. The first-order valence-electron chi connectivity index (χ1n) is 7.74. The molecule has 0 spiro atoms. The third-order valence-electron chi connectivity index (χ3n) is 3.68. The second kappa shape index (κ2) is 7.38. The fourth-order valence-electron chi connectivity index (χ4n) is 2.59. The highest BCUT2D eigenvalue weighted by Gasteiger charge is 2.20. The third kappa shape index (κ3) is 4.17. The first kappa shape index (κ1) is 15.7. The van der Waals surface area contributed by atoms with E-state index in [1.54, 1.807) is 0 Å². The van der Waals surface area contributed by atoms with Crippen LogP contribution >= 0.6 is 11.3 Å². The Morgan fingerprint density at radius 1 is 1.25 bits per heavy atom. The van der Waals surface area contributed by atoms with Crippen molar-refractivity contribution in [1.82, 2.24) is 15.2 Å². The first-order valence-corrected chi connectivity index (χ1v) is 8.56. The summed E-state index contributed by atoms with van der Waals surface area (Å²) in [5.41, 5.74) is 1.19. The number of hydrogen-bond donors (Lipinski definition) is 1. The highest BCUT2D eigenvalue weighted by Crippen LogP contribution is 2.26. The molecule has 0 atom stereocenters. The molecule has 1 saturated heterocycles. The fourth-order valence-corrected chi connectivity index (χ4v) is 3.67. The van der Waals surface area contributed by atoms with E-state index in [0.29, 0.717) is 0 Å². The molecule has 1 N–H and O–H groups in total. The molecule has 0 amide bonds. The number of aryl methyl sites for hydroxylation is 1. The molecule has 0 aromatic carbocycles. The molecule has 1 fully saturated rings. The lowest BCUT2D eigenvalue weighted by atomic mass is 10.2. The summed E-state index contributed by atoms with van der Waals surface area (Å²) in [7, 11) is 0. The maximum absolute atomic E-state index is 4.76. The van der Waals surface area contributed by atoms with E-state index in [2.05, 4.69) is 42.8 Å². The standard InChI is InChI=1S/C15H28N4S/c1-5-16-10-14-13(4)17-15(20-14)19-8-6-18(7-9-19)11-12(2)3/h12,16H,5-11H2,1-4H3. The van der Waals surface area contributed by atoms with Gasteiger partial charge in [-0.15, -0.1) is 11.3 Å². The van der Waals surface area contributed by atoms with Crippen LogP contribution in [0, 0.1) is 12.8 Å². The van der Waals surface area contributed by atoms with Gasteiger partial charge in [-0.05, 0) is 19.4 Å². The number of hydrogen-bond acceptors (Lipinski definition) is 5. The van der Waals surface area contributed by atoms with Gasteiger partial charge < -0.3 is 10.2 Å². The second-order valence-corrected chi connectivity index (χ2v) is 7.03. The maximum Gasteiger partial charge on any atom is 0.185 e. The zero-order valence-corrected chi connectivity index (χ0v) is 14.1. The van der Waals surface area contributed by atoms with Gasteiger partial charge in [-0.3, -0.25) is 4.90 Å². The van der Waals surface area contributed by atoms with Crippen LogP contribution in [0.5, 0.6) is 0 Å². The van der Waals surface area contributed by atoms with Gasteiger partial charge in [0, 0.05) is 44.1 Å². The summed E-state index contributed by atoms with van der Waals surface area (Å²) in [5, 5.41) is 4.60. The molecule has 4 nitrogen and oxygen atoms in total. The molecule has 20 heavy (non-hydrogen) atoms. The van der Waals surface area contributed by atoms with Gasteiger partial charge in [0.2, 0.25) is 0 Å². The van der Waals surface area contributed by atoms with Gasteiger partial charge in [0.1, 0.15) is 0 Å². The highest BCUT2D eigenvalue weighted by atomic mass is 32.1.